The van der Waals surface area contributed by atoms with Crippen LogP contribution >= 0.6 is 0 Å². The van der Waals surface area contributed by atoms with E-state index in [2.05, 4.69) is 297 Å². The number of benzene rings is 8. The van der Waals surface area contributed by atoms with Crippen molar-refractivity contribution in [3.05, 3.63) is 190 Å². The lowest BCUT2D eigenvalue weighted by atomic mass is 9.76. The van der Waals surface area contributed by atoms with Crippen LogP contribution in [-0.4, -0.2) is 39.9 Å². The number of nitrogens with one attached hydrogen (secondary N) is 2. The molecular formula is C96H114N8O4. The lowest BCUT2D eigenvalue weighted by Gasteiger charge is -2.30. The van der Waals surface area contributed by atoms with E-state index >= 15 is 0 Å². The Morgan fingerprint density at radius 2 is 0.463 bits per heavy atom. The van der Waals surface area contributed by atoms with Crippen LogP contribution in [0, 0.1) is 0 Å². The second-order valence-electron chi connectivity index (χ2n) is 35.6. The number of hydrogen-bond donors (Lipinski definition) is 2. The van der Waals surface area contributed by atoms with Gasteiger partial charge in [0.25, 0.3) is 0 Å². The number of rotatable bonds is 24. The molecule has 0 aliphatic carbocycles. The normalized spacial score (nSPS) is 13.1. The predicted molar refractivity (Wildman–Crippen MR) is 449 cm³/mol. The standard InChI is InChI=1S/C96H114N8O4/c1-25-89(9,10)57-33-45-77(73(49-57)93(17,18)29-5)105-61-37-41-65-69(53-61)85-97-81(65)102-86-71-55-63(107-79-47-35-59(91(13,14)27-3)51-75(79)95(21,22)31-7)39-43-67(71)83(99-86)104-88-72-56-64(108-80-48-36-60(92(15,16)28-4)52-76(80)96(23,24)32-8)40-44-68(72)84(100-88)103-87-70-54-62(38-42-66(70)82(98-87)101-85)106-78-46-34-58(90(11,12)26-2)50-74(78)94(19,20)30-6/h33-56H,25-32H2,1-24H3,(H2,97,98,99,100,101,102,103,104). The topological polar surface area (TPSA) is 146 Å². The molecule has 11 aromatic rings. The van der Waals surface area contributed by atoms with Gasteiger partial charge in [0, 0.05) is 66.1 Å². The summed E-state index contributed by atoms with van der Waals surface area (Å²) in [6.07, 6.45) is 7.72. The van der Waals surface area contributed by atoms with Gasteiger partial charge in [0.05, 0.1) is 0 Å². The number of ether oxygens (including phenoxy) is 4. The maximum absolute atomic E-state index is 7.13. The molecular weight excluding hydrogens is 1330 g/mol. The molecule has 0 saturated heterocycles. The third-order valence-electron chi connectivity index (χ3n) is 25.7. The Bertz CT molecular complexity index is 5150. The lowest BCUT2D eigenvalue weighted by molar-refractivity contribution is 0.432. The highest BCUT2D eigenvalue weighted by Crippen LogP contribution is 2.49. The maximum atomic E-state index is 7.13. The Balaban J connectivity index is 1.07. The molecule has 2 aliphatic heterocycles. The van der Waals surface area contributed by atoms with Gasteiger partial charge in [-0.15, -0.1) is 0 Å². The molecule has 0 atom stereocenters. The van der Waals surface area contributed by atoms with E-state index in [1.165, 1.54) is 22.3 Å². The molecule has 0 radical (unpaired) electrons. The Labute approximate surface area is 641 Å². The van der Waals surface area contributed by atoms with Crippen molar-refractivity contribution in [2.24, 2.45) is 0 Å². The van der Waals surface area contributed by atoms with E-state index in [0.29, 0.717) is 68.9 Å². The SMILES string of the molecule is CCC(C)(C)c1ccc(Oc2ccc3c(c2)-c2nc-3nc3[nH]c(nc4nc(nc5[nH]c(n2)c2ccc(Oc6ccc(C(C)(C)CC)cc6C(C)(C)CC)cc52)-c2ccc(Oc5ccc(C(C)(C)CC)cc5C(C)(C)CC)cc2-4)c2ccc(Oc4ccc(C(C)(C)CC)cc4C(C)(C)CC)cc32)c(C(C)(C)CC)c1. The van der Waals surface area contributed by atoms with E-state index in [4.69, 9.17) is 48.9 Å². The zero-order valence-corrected chi connectivity index (χ0v) is 68.8. The molecule has 2 N–H and O–H groups in total. The first-order chi connectivity index (χ1) is 51.0. The molecule has 0 spiro atoms. The summed E-state index contributed by atoms with van der Waals surface area (Å²) in [5.41, 5.74) is 14.2. The van der Waals surface area contributed by atoms with Gasteiger partial charge in [-0.25, -0.2) is 29.9 Å². The monoisotopic (exact) mass is 1440 g/mol. The van der Waals surface area contributed by atoms with E-state index in [0.717, 1.165) is 140 Å². The van der Waals surface area contributed by atoms with Crippen LogP contribution in [0.5, 0.6) is 46.0 Å². The average molecular weight is 1440 g/mol. The van der Waals surface area contributed by atoms with E-state index < -0.39 is 0 Å². The van der Waals surface area contributed by atoms with E-state index in [1.807, 2.05) is 24.3 Å². The van der Waals surface area contributed by atoms with Crippen molar-refractivity contribution >= 4 is 44.1 Å². The number of aromatic nitrogens is 8. The van der Waals surface area contributed by atoms with Crippen LogP contribution in [0.15, 0.2) is 146 Å². The first-order valence-electron chi connectivity index (χ1n) is 39.7. The van der Waals surface area contributed by atoms with Gasteiger partial charge in [-0.1, -0.05) is 215 Å². The van der Waals surface area contributed by atoms with Gasteiger partial charge in [0.15, 0.2) is 23.3 Å². The molecule has 12 heteroatoms. The van der Waals surface area contributed by atoms with E-state index in [-0.39, 0.29) is 43.3 Å². The van der Waals surface area contributed by atoms with E-state index in [1.54, 1.807) is 0 Å². The first kappa shape index (κ1) is 76.5. The summed E-state index contributed by atoms with van der Waals surface area (Å²) in [5, 5.41) is 3.17. The van der Waals surface area contributed by atoms with Crippen molar-refractivity contribution in [1.29, 1.82) is 0 Å². The highest BCUT2D eigenvalue weighted by atomic mass is 16.5. The highest BCUT2D eigenvalue weighted by molar-refractivity contribution is 6.07. The minimum atomic E-state index is -0.180. The second-order valence-corrected chi connectivity index (χ2v) is 35.6. The molecule has 0 saturated carbocycles. The predicted octanol–water partition coefficient (Wildman–Crippen LogP) is 27.5. The van der Waals surface area contributed by atoms with Crippen LogP contribution < -0.4 is 18.9 Å². The Kier molecular flexibility index (Phi) is 20.1. The lowest BCUT2D eigenvalue weighted by Crippen LogP contribution is -2.20. The zero-order valence-electron chi connectivity index (χ0n) is 68.8. The van der Waals surface area contributed by atoms with Crippen LogP contribution in [0.2, 0.25) is 0 Å². The van der Waals surface area contributed by atoms with Crippen LogP contribution in [0.3, 0.4) is 0 Å². The summed E-state index contributed by atoms with van der Waals surface area (Å²) in [6.45, 7) is 54.9. The molecule has 562 valence electrons. The molecule has 0 amide bonds. The van der Waals surface area contributed by atoms with Gasteiger partial charge < -0.3 is 28.9 Å². The van der Waals surface area contributed by atoms with Gasteiger partial charge in [-0.2, -0.15) is 0 Å². The van der Waals surface area contributed by atoms with Crippen molar-refractivity contribution in [1.82, 2.24) is 39.9 Å². The smallest absolute Gasteiger partial charge is 0.164 e. The number of hydrogen-bond acceptors (Lipinski definition) is 10. The molecule has 8 bridgehead atoms. The van der Waals surface area contributed by atoms with Crippen LogP contribution in [0.1, 0.15) is 262 Å². The third kappa shape index (κ3) is 14.4. The summed E-state index contributed by atoms with van der Waals surface area (Å²) in [5.74, 6) is 7.62. The summed E-state index contributed by atoms with van der Waals surface area (Å²) in [7, 11) is 0. The van der Waals surface area contributed by atoms with Gasteiger partial charge in [0.1, 0.15) is 68.6 Å². The number of fused-ring (bicyclic) bond motifs is 20. The third-order valence-corrected chi connectivity index (χ3v) is 25.7. The van der Waals surface area contributed by atoms with Crippen LogP contribution in [0.4, 0.5) is 0 Å². The van der Waals surface area contributed by atoms with Gasteiger partial charge >= 0.3 is 0 Å². The van der Waals surface area contributed by atoms with Crippen LogP contribution in [-0.2, 0) is 43.3 Å². The first-order valence-corrected chi connectivity index (χ1v) is 39.7. The van der Waals surface area contributed by atoms with E-state index in [9.17, 15) is 0 Å². The summed E-state index contributed by atoms with van der Waals surface area (Å²) in [6, 6.07) is 51.5. The quantitative estimate of drug-likeness (QED) is 0.0599. The van der Waals surface area contributed by atoms with Crippen molar-refractivity contribution < 1.29 is 18.9 Å². The molecule has 5 heterocycles. The minimum absolute atomic E-state index is 0.0177. The number of H-pyrrole nitrogens is 2. The fourth-order valence-electron chi connectivity index (χ4n) is 14.3. The summed E-state index contributed by atoms with van der Waals surface area (Å²) in [4.78, 5) is 40.7. The molecule has 0 unspecified atom stereocenters. The van der Waals surface area contributed by atoms with Crippen molar-refractivity contribution in [2.75, 3.05) is 0 Å². The molecule has 8 aromatic carbocycles. The Morgan fingerprint density at radius 1 is 0.231 bits per heavy atom. The fourth-order valence-corrected chi connectivity index (χ4v) is 14.3. The minimum Gasteiger partial charge on any atom is -0.457 e. The zero-order chi connectivity index (χ0) is 77.6. The number of aromatic amines is 2. The largest absolute Gasteiger partial charge is 0.457 e. The molecule has 2 aliphatic rings. The molecule has 3 aromatic heterocycles. The van der Waals surface area contributed by atoms with Crippen molar-refractivity contribution in [3.63, 3.8) is 0 Å². The van der Waals surface area contributed by atoms with Crippen molar-refractivity contribution in [3.8, 4) is 91.5 Å². The number of nitrogens with zero attached hydrogens (tertiary/aromatic N) is 6. The molecule has 12 nitrogen and oxygen atoms in total. The fraction of sp³-hybridized carbons (Fsp3) is 0.417. The average Bonchev–Trinajstić information content (AvgIpc) is 1.49. The van der Waals surface area contributed by atoms with Crippen LogP contribution in [0.25, 0.3) is 89.7 Å². The summed E-state index contributed by atoms with van der Waals surface area (Å²) < 4.78 is 28.5. The van der Waals surface area contributed by atoms with Gasteiger partial charge in [-0.05, 0) is 214 Å². The Hall–Kier alpha value is -9.68. The maximum Gasteiger partial charge on any atom is 0.164 e. The second kappa shape index (κ2) is 28.4. The highest BCUT2D eigenvalue weighted by Gasteiger charge is 2.34. The molecule has 108 heavy (non-hydrogen) atoms. The Morgan fingerprint density at radius 3 is 0.722 bits per heavy atom. The molecule has 0 fully saturated rings. The van der Waals surface area contributed by atoms with Gasteiger partial charge in [0.2, 0.25) is 0 Å². The summed E-state index contributed by atoms with van der Waals surface area (Å²) >= 11 is 0. The molecule has 13 rings (SSSR count). The van der Waals surface area contributed by atoms with Gasteiger partial charge in [-0.3, -0.25) is 0 Å². The van der Waals surface area contributed by atoms with Crippen molar-refractivity contribution in [2.45, 2.75) is 261 Å².